The molecule has 192 valence electrons. The summed E-state index contributed by atoms with van der Waals surface area (Å²) in [5.74, 6) is -0.0140. The molecule has 1 atom stereocenters. The number of hydrogen-bond donors (Lipinski definition) is 1. The van der Waals surface area contributed by atoms with E-state index in [1.54, 1.807) is 0 Å². The lowest BCUT2D eigenvalue weighted by Crippen LogP contribution is -2.42. The van der Waals surface area contributed by atoms with Crippen LogP contribution in [0.2, 0.25) is 5.02 Å². The van der Waals surface area contributed by atoms with Crippen LogP contribution in [-0.2, 0) is 4.79 Å². The SMILES string of the molecule is O=C(NC/C=C/c1ccccc1)C(c1ccc(Cl)cc1)[P+](c1ccccc1)(c1ccccc1)c1ccccc1. The monoisotopic (exact) mass is 546 g/mol. The average Bonchev–Trinajstić information content (AvgIpc) is 3.00. The predicted octanol–water partition coefficient (Wildman–Crippen LogP) is 7.20. The van der Waals surface area contributed by atoms with Crippen LogP contribution < -0.4 is 21.2 Å². The highest BCUT2D eigenvalue weighted by molar-refractivity contribution is 7.96. The van der Waals surface area contributed by atoms with Crippen molar-refractivity contribution in [3.8, 4) is 0 Å². The van der Waals surface area contributed by atoms with E-state index in [0.717, 1.165) is 27.0 Å². The van der Waals surface area contributed by atoms with E-state index in [2.05, 4.69) is 78.1 Å². The molecule has 5 aromatic rings. The van der Waals surface area contributed by atoms with Crippen molar-refractivity contribution in [2.75, 3.05) is 6.54 Å². The van der Waals surface area contributed by atoms with E-state index in [4.69, 9.17) is 11.6 Å². The molecular formula is C35H30ClNOP+. The Morgan fingerprint density at radius 1 is 0.641 bits per heavy atom. The summed E-state index contributed by atoms with van der Waals surface area (Å²) in [5, 5.41) is 7.35. The van der Waals surface area contributed by atoms with Crippen LogP contribution in [0.3, 0.4) is 0 Å². The van der Waals surface area contributed by atoms with Gasteiger partial charge in [0.15, 0.2) is 5.66 Å². The lowest BCUT2D eigenvalue weighted by atomic mass is 10.1. The van der Waals surface area contributed by atoms with Gasteiger partial charge in [-0.2, -0.15) is 0 Å². The van der Waals surface area contributed by atoms with Crippen molar-refractivity contribution in [3.63, 3.8) is 0 Å². The molecule has 0 saturated heterocycles. The summed E-state index contributed by atoms with van der Waals surface area (Å²) in [6, 6.07) is 49.3. The fourth-order valence-corrected chi connectivity index (χ4v) is 10.00. The maximum absolute atomic E-state index is 14.5. The van der Waals surface area contributed by atoms with Gasteiger partial charge in [0, 0.05) is 17.1 Å². The Hall–Kier alpha value is -3.97. The first-order valence-corrected chi connectivity index (χ1v) is 15.2. The van der Waals surface area contributed by atoms with Crippen LogP contribution in [-0.4, -0.2) is 12.5 Å². The maximum Gasteiger partial charge on any atom is 0.266 e. The second-order valence-corrected chi connectivity index (χ2v) is 13.2. The summed E-state index contributed by atoms with van der Waals surface area (Å²) >= 11 is 6.32. The number of nitrogens with one attached hydrogen (secondary N) is 1. The molecule has 0 aliphatic carbocycles. The minimum absolute atomic E-state index is 0.0140. The van der Waals surface area contributed by atoms with E-state index in [1.165, 1.54) is 0 Å². The summed E-state index contributed by atoms with van der Waals surface area (Å²) in [6.07, 6.45) is 4.03. The van der Waals surface area contributed by atoms with Crippen molar-refractivity contribution in [3.05, 3.63) is 168 Å². The van der Waals surface area contributed by atoms with Gasteiger partial charge in [-0.25, -0.2) is 0 Å². The first-order valence-electron chi connectivity index (χ1n) is 13.0. The van der Waals surface area contributed by atoms with Gasteiger partial charge >= 0.3 is 0 Å². The molecule has 0 saturated carbocycles. The largest absolute Gasteiger partial charge is 0.349 e. The van der Waals surface area contributed by atoms with Crippen molar-refractivity contribution in [2.45, 2.75) is 5.66 Å². The summed E-state index contributed by atoms with van der Waals surface area (Å²) in [7, 11) is -2.54. The number of carbonyl (C=O) groups excluding carboxylic acids is 1. The maximum atomic E-state index is 14.5. The molecule has 2 nitrogen and oxygen atoms in total. The van der Waals surface area contributed by atoms with E-state index in [1.807, 2.05) is 84.9 Å². The third kappa shape index (κ3) is 5.88. The van der Waals surface area contributed by atoms with Crippen molar-refractivity contribution >= 4 is 46.8 Å². The summed E-state index contributed by atoms with van der Waals surface area (Å²) in [4.78, 5) is 14.5. The molecule has 0 aliphatic rings. The number of amides is 1. The zero-order valence-electron chi connectivity index (χ0n) is 21.5. The molecule has 0 aliphatic heterocycles. The number of rotatable bonds is 9. The molecule has 5 rings (SSSR count). The lowest BCUT2D eigenvalue weighted by molar-refractivity contribution is -0.120. The summed E-state index contributed by atoms with van der Waals surface area (Å²) in [6.45, 7) is 0.427. The van der Waals surface area contributed by atoms with E-state index >= 15 is 0 Å². The molecule has 0 bridgehead atoms. The molecule has 0 heterocycles. The number of hydrogen-bond acceptors (Lipinski definition) is 1. The van der Waals surface area contributed by atoms with Crippen LogP contribution in [0.1, 0.15) is 16.8 Å². The van der Waals surface area contributed by atoms with Crippen LogP contribution in [0.25, 0.3) is 6.08 Å². The first-order chi connectivity index (χ1) is 19.2. The second kappa shape index (κ2) is 12.7. The van der Waals surface area contributed by atoms with Gasteiger partial charge in [0.1, 0.15) is 23.2 Å². The first kappa shape index (κ1) is 26.6. The van der Waals surface area contributed by atoms with Gasteiger partial charge < -0.3 is 5.32 Å². The van der Waals surface area contributed by atoms with Crippen LogP contribution in [0, 0.1) is 0 Å². The summed E-state index contributed by atoms with van der Waals surface area (Å²) in [5.41, 5.74) is 1.57. The number of benzene rings is 5. The van der Waals surface area contributed by atoms with E-state index in [-0.39, 0.29) is 5.91 Å². The Labute approximate surface area is 236 Å². The fraction of sp³-hybridized carbons (Fsp3) is 0.0571. The normalized spacial score (nSPS) is 12.2. The van der Waals surface area contributed by atoms with Gasteiger partial charge in [-0.05, 0) is 54.1 Å². The summed E-state index contributed by atoms with van der Waals surface area (Å²) < 4.78 is 0. The standard InChI is InChI=1S/C35H29ClNOP/c36-30-25-23-29(24-26-30)34(35(38)37-27-13-16-28-14-5-1-6-15-28)39(31-17-7-2-8-18-31,32-19-9-3-10-20-32)33-21-11-4-12-22-33/h1-26,34H,27H2/p+1/b16-13+. The molecule has 0 spiro atoms. The Balaban J connectivity index is 1.68. The van der Waals surface area contributed by atoms with Gasteiger partial charge in [0.2, 0.25) is 0 Å². The molecular weight excluding hydrogens is 517 g/mol. The molecule has 39 heavy (non-hydrogen) atoms. The quantitative estimate of drug-likeness (QED) is 0.195. The van der Waals surface area contributed by atoms with Crippen LogP contribution in [0.15, 0.2) is 152 Å². The van der Waals surface area contributed by atoms with E-state index in [9.17, 15) is 4.79 Å². The topological polar surface area (TPSA) is 29.1 Å². The van der Waals surface area contributed by atoms with Gasteiger partial charge in [-0.15, -0.1) is 0 Å². The highest BCUT2D eigenvalue weighted by Gasteiger charge is 2.56. The van der Waals surface area contributed by atoms with Gasteiger partial charge in [0.05, 0.1) is 0 Å². The molecule has 5 aromatic carbocycles. The number of halogens is 1. The molecule has 0 aromatic heterocycles. The average molecular weight is 547 g/mol. The molecule has 4 heteroatoms. The third-order valence-corrected chi connectivity index (χ3v) is 11.7. The molecule has 1 unspecified atom stereocenters. The zero-order valence-corrected chi connectivity index (χ0v) is 23.2. The van der Waals surface area contributed by atoms with E-state index in [0.29, 0.717) is 11.6 Å². The molecule has 1 amide bonds. The van der Waals surface area contributed by atoms with Gasteiger partial charge in [-0.1, -0.05) is 121 Å². The minimum atomic E-state index is -2.54. The smallest absolute Gasteiger partial charge is 0.266 e. The Bertz CT molecular complexity index is 1410. The van der Waals surface area contributed by atoms with Crippen molar-refractivity contribution in [1.82, 2.24) is 5.32 Å². The van der Waals surface area contributed by atoms with Crippen molar-refractivity contribution in [1.29, 1.82) is 0 Å². The van der Waals surface area contributed by atoms with Crippen molar-refractivity contribution in [2.24, 2.45) is 0 Å². The third-order valence-electron chi connectivity index (χ3n) is 6.82. The molecule has 1 N–H and O–H groups in total. The van der Waals surface area contributed by atoms with Crippen LogP contribution in [0.5, 0.6) is 0 Å². The Morgan fingerprint density at radius 2 is 1.08 bits per heavy atom. The number of carbonyl (C=O) groups is 1. The van der Waals surface area contributed by atoms with Crippen LogP contribution >= 0.6 is 18.9 Å². The minimum Gasteiger partial charge on any atom is -0.349 e. The van der Waals surface area contributed by atoms with Crippen molar-refractivity contribution < 1.29 is 4.79 Å². The van der Waals surface area contributed by atoms with Crippen LogP contribution in [0.4, 0.5) is 0 Å². The van der Waals surface area contributed by atoms with E-state index < -0.39 is 12.9 Å². The predicted molar refractivity (Wildman–Crippen MR) is 168 cm³/mol. The zero-order chi connectivity index (χ0) is 26.9. The lowest BCUT2D eigenvalue weighted by Gasteiger charge is -2.34. The van der Waals surface area contributed by atoms with Gasteiger partial charge in [-0.3, -0.25) is 4.79 Å². The second-order valence-electron chi connectivity index (χ2n) is 9.24. The fourth-order valence-electron chi connectivity index (χ4n) is 5.10. The highest BCUT2D eigenvalue weighted by atomic mass is 35.5. The molecule has 0 fully saturated rings. The molecule has 0 radical (unpaired) electrons. The van der Waals surface area contributed by atoms with Gasteiger partial charge in [0.25, 0.3) is 5.91 Å². The highest BCUT2D eigenvalue weighted by Crippen LogP contribution is 2.66. The Kier molecular flexibility index (Phi) is 8.68. The Morgan fingerprint density at radius 3 is 1.54 bits per heavy atom.